The van der Waals surface area contributed by atoms with Crippen LogP contribution in [0.5, 0.6) is 0 Å². The largest absolute Gasteiger partial charge is 0.343 e. The number of rotatable bonds is 6. The molecular weight excluding hydrogens is 200 g/mol. The van der Waals surface area contributed by atoms with E-state index in [0.29, 0.717) is 30.7 Å². The Labute approximate surface area is 99.4 Å². The SMILES string of the molecule is CC(C)CC(CN)CCC(=O)N1CCCC1. The Kier molecular flexibility index (Phi) is 5.81. The number of hydrogen-bond acceptors (Lipinski definition) is 2. The first kappa shape index (κ1) is 13.5. The van der Waals surface area contributed by atoms with Crippen molar-refractivity contribution in [1.82, 2.24) is 4.90 Å². The molecule has 0 radical (unpaired) electrons. The van der Waals surface area contributed by atoms with Crippen LogP contribution in [0.15, 0.2) is 0 Å². The summed E-state index contributed by atoms with van der Waals surface area (Å²) in [5.74, 6) is 1.53. The molecule has 2 N–H and O–H groups in total. The van der Waals surface area contributed by atoms with Crippen molar-refractivity contribution in [2.45, 2.75) is 46.0 Å². The van der Waals surface area contributed by atoms with E-state index in [1.807, 2.05) is 4.90 Å². The molecule has 1 unspecified atom stereocenters. The molecule has 1 aliphatic rings. The lowest BCUT2D eigenvalue weighted by molar-refractivity contribution is -0.130. The molecule has 0 aromatic carbocycles. The van der Waals surface area contributed by atoms with Gasteiger partial charge in [0.05, 0.1) is 0 Å². The third-order valence-corrected chi connectivity index (χ3v) is 3.36. The fourth-order valence-electron chi connectivity index (χ4n) is 2.45. The molecule has 1 fully saturated rings. The molecule has 0 aliphatic carbocycles. The molecule has 3 heteroatoms. The monoisotopic (exact) mass is 226 g/mol. The standard InChI is InChI=1S/C13H26N2O/c1-11(2)9-12(10-14)5-6-13(16)15-7-3-4-8-15/h11-12H,3-10,14H2,1-2H3. The minimum Gasteiger partial charge on any atom is -0.343 e. The van der Waals surface area contributed by atoms with Gasteiger partial charge in [-0.2, -0.15) is 0 Å². The molecule has 0 aromatic heterocycles. The van der Waals surface area contributed by atoms with E-state index in [1.165, 1.54) is 12.8 Å². The van der Waals surface area contributed by atoms with Gasteiger partial charge < -0.3 is 10.6 Å². The Morgan fingerprint density at radius 3 is 2.44 bits per heavy atom. The van der Waals surface area contributed by atoms with Crippen LogP contribution in [0.25, 0.3) is 0 Å². The average molecular weight is 226 g/mol. The number of carbonyl (C=O) groups excluding carboxylic acids is 1. The van der Waals surface area contributed by atoms with Crippen LogP contribution < -0.4 is 5.73 Å². The third kappa shape index (κ3) is 4.52. The molecular formula is C13H26N2O. The molecule has 1 rings (SSSR count). The van der Waals surface area contributed by atoms with Crippen molar-refractivity contribution in [2.75, 3.05) is 19.6 Å². The molecule has 1 atom stereocenters. The number of likely N-dealkylation sites (tertiary alicyclic amines) is 1. The van der Waals surface area contributed by atoms with Crippen molar-refractivity contribution in [3.8, 4) is 0 Å². The lowest BCUT2D eigenvalue weighted by Crippen LogP contribution is -2.28. The molecule has 1 saturated heterocycles. The number of hydrogen-bond donors (Lipinski definition) is 1. The second-order valence-corrected chi connectivity index (χ2v) is 5.36. The van der Waals surface area contributed by atoms with Gasteiger partial charge in [0.2, 0.25) is 5.91 Å². The zero-order valence-electron chi connectivity index (χ0n) is 10.7. The summed E-state index contributed by atoms with van der Waals surface area (Å²) in [7, 11) is 0. The van der Waals surface area contributed by atoms with E-state index in [2.05, 4.69) is 13.8 Å². The number of carbonyl (C=O) groups is 1. The van der Waals surface area contributed by atoms with Crippen molar-refractivity contribution in [1.29, 1.82) is 0 Å². The summed E-state index contributed by atoms with van der Waals surface area (Å²) >= 11 is 0. The zero-order chi connectivity index (χ0) is 12.0. The van der Waals surface area contributed by atoms with Crippen molar-refractivity contribution in [3.63, 3.8) is 0 Å². The van der Waals surface area contributed by atoms with Gasteiger partial charge in [0.25, 0.3) is 0 Å². The fourth-order valence-corrected chi connectivity index (χ4v) is 2.45. The summed E-state index contributed by atoms with van der Waals surface area (Å²) in [5.41, 5.74) is 5.74. The van der Waals surface area contributed by atoms with Gasteiger partial charge in [-0.25, -0.2) is 0 Å². The molecule has 0 spiro atoms. The Morgan fingerprint density at radius 1 is 1.31 bits per heavy atom. The topological polar surface area (TPSA) is 46.3 Å². The van der Waals surface area contributed by atoms with Gasteiger partial charge in [0, 0.05) is 19.5 Å². The first-order valence-corrected chi connectivity index (χ1v) is 6.61. The minimum atomic E-state index is 0.333. The molecule has 94 valence electrons. The maximum Gasteiger partial charge on any atom is 0.222 e. The number of amides is 1. The second kappa shape index (κ2) is 6.89. The molecule has 0 bridgehead atoms. The molecule has 0 aromatic rings. The molecule has 3 nitrogen and oxygen atoms in total. The smallest absolute Gasteiger partial charge is 0.222 e. The predicted molar refractivity (Wildman–Crippen MR) is 67.0 cm³/mol. The van der Waals surface area contributed by atoms with Crippen LogP contribution in [0.3, 0.4) is 0 Å². The Balaban J connectivity index is 2.23. The third-order valence-electron chi connectivity index (χ3n) is 3.36. The van der Waals surface area contributed by atoms with Crippen molar-refractivity contribution in [2.24, 2.45) is 17.6 Å². The summed E-state index contributed by atoms with van der Waals surface area (Å²) in [6.45, 7) is 7.08. The van der Waals surface area contributed by atoms with E-state index in [1.54, 1.807) is 0 Å². The van der Waals surface area contributed by atoms with Crippen LogP contribution in [0.4, 0.5) is 0 Å². The Bertz CT molecular complexity index is 210. The highest BCUT2D eigenvalue weighted by Gasteiger charge is 2.19. The second-order valence-electron chi connectivity index (χ2n) is 5.36. The maximum absolute atomic E-state index is 11.8. The summed E-state index contributed by atoms with van der Waals surface area (Å²) < 4.78 is 0. The molecule has 0 saturated carbocycles. The minimum absolute atomic E-state index is 0.333. The first-order chi connectivity index (χ1) is 7.63. The van der Waals surface area contributed by atoms with Crippen LogP contribution in [0, 0.1) is 11.8 Å². The average Bonchev–Trinajstić information content (AvgIpc) is 2.76. The van der Waals surface area contributed by atoms with Crippen LogP contribution in [0.2, 0.25) is 0 Å². The summed E-state index contributed by atoms with van der Waals surface area (Å²) in [6.07, 6.45) is 5.15. The molecule has 1 amide bonds. The van der Waals surface area contributed by atoms with Gasteiger partial charge in [0.15, 0.2) is 0 Å². The van der Waals surface area contributed by atoms with Gasteiger partial charge in [0.1, 0.15) is 0 Å². The summed E-state index contributed by atoms with van der Waals surface area (Å²) in [4.78, 5) is 13.8. The summed E-state index contributed by atoms with van der Waals surface area (Å²) in [5, 5.41) is 0. The van der Waals surface area contributed by atoms with Gasteiger partial charge in [-0.1, -0.05) is 13.8 Å². The normalized spacial score (nSPS) is 18.1. The highest BCUT2D eigenvalue weighted by Crippen LogP contribution is 2.18. The lowest BCUT2D eigenvalue weighted by Gasteiger charge is -2.19. The lowest BCUT2D eigenvalue weighted by atomic mass is 9.93. The number of nitrogens with two attached hydrogens (primary N) is 1. The Morgan fingerprint density at radius 2 is 1.94 bits per heavy atom. The van der Waals surface area contributed by atoms with Crippen LogP contribution in [-0.4, -0.2) is 30.4 Å². The van der Waals surface area contributed by atoms with Crippen LogP contribution >= 0.6 is 0 Å². The van der Waals surface area contributed by atoms with Crippen molar-refractivity contribution >= 4 is 5.91 Å². The molecule has 1 heterocycles. The molecule has 16 heavy (non-hydrogen) atoms. The maximum atomic E-state index is 11.8. The predicted octanol–water partition coefficient (Wildman–Crippen LogP) is 2.01. The van der Waals surface area contributed by atoms with Crippen LogP contribution in [0.1, 0.15) is 46.0 Å². The van der Waals surface area contributed by atoms with E-state index >= 15 is 0 Å². The van der Waals surface area contributed by atoms with E-state index in [4.69, 9.17) is 5.73 Å². The van der Waals surface area contributed by atoms with Crippen molar-refractivity contribution < 1.29 is 4.79 Å². The molecule has 1 aliphatic heterocycles. The zero-order valence-corrected chi connectivity index (χ0v) is 10.7. The fraction of sp³-hybridized carbons (Fsp3) is 0.923. The van der Waals surface area contributed by atoms with Crippen LogP contribution in [-0.2, 0) is 4.79 Å². The van der Waals surface area contributed by atoms with Gasteiger partial charge in [-0.3, -0.25) is 4.79 Å². The van der Waals surface area contributed by atoms with Gasteiger partial charge in [-0.15, -0.1) is 0 Å². The van der Waals surface area contributed by atoms with Gasteiger partial charge in [-0.05, 0) is 44.1 Å². The van der Waals surface area contributed by atoms with E-state index < -0.39 is 0 Å². The van der Waals surface area contributed by atoms with Crippen molar-refractivity contribution in [3.05, 3.63) is 0 Å². The first-order valence-electron chi connectivity index (χ1n) is 6.61. The Hall–Kier alpha value is -0.570. The number of nitrogens with zero attached hydrogens (tertiary/aromatic N) is 1. The summed E-state index contributed by atoms with van der Waals surface area (Å²) in [6, 6.07) is 0. The highest BCUT2D eigenvalue weighted by molar-refractivity contribution is 5.76. The van der Waals surface area contributed by atoms with E-state index in [9.17, 15) is 4.79 Å². The van der Waals surface area contributed by atoms with E-state index in [0.717, 1.165) is 25.9 Å². The quantitative estimate of drug-likeness (QED) is 0.753. The van der Waals surface area contributed by atoms with Gasteiger partial charge >= 0.3 is 0 Å². The highest BCUT2D eigenvalue weighted by atomic mass is 16.2. The van der Waals surface area contributed by atoms with E-state index in [-0.39, 0.29) is 0 Å².